The van der Waals surface area contributed by atoms with Gasteiger partial charge in [0.25, 0.3) is 0 Å². The highest BCUT2D eigenvalue weighted by Crippen LogP contribution is 2.33. The van der Waals surface area contributed by atoms with Gasteiger partial charge < -0.3 is 14.2 Å². The van der Waals surface area contributed by atoms with Crippen molar-refractivity contribution in [2.24, 2.45) is 0 Å². The summed E-state index contributed by atoms with van der Waals surface area (Å²) in [4.78, 5) is 8.93. The van der Waals surface area contributed by atoms with Crippen molar-refractivity contribution in [1.29, 1.82) is 0 Å². The molecule has 0 aromatic carbocycles. The maximum Gasteiger partial charge on any atom is 0.105 e. The molecular weight excluding hydrogens is 318 g/mol. The SMILES string of the molecule is COCCN1CCOC[C@@]2(CC[C@H](CN(C)Cc3cccnc3)O2)C1. The molecule has 3 heterocycles. The number of pyridine rings is 1. The first-order valence-electron chi connectivity index (χ1n) is 9.23. The molecule has 0 aliphatic carbocycles. The average molecular weight is 349 g/mol. The molecule has 0 saturated carbocycles. The Labute approximate surface area is 151 Å². The van der Waals surface area contributed by atoms with E-state index in [1.807, 2.05) is 18.5 Å². The van der Waals surface area contributed by atoms with E-state index in [-0.39, 0.29) is 11.7 Å². The van der Waals surface area contributed by atoms with E-state index in [2.05, 4.69) is 27.9 Å². The van der Waals surface area contributed by atoms with E-state index in [4.69, 9.17) is 14.2 Å². The van der Waals surface area contributed by atoms with Gasteiger partial charge in [-0.05, 0) is 31.5 Å². The number of likely N-dealkylation sites (N-methyl/N-ethyl adjacent to an activating group) is 1. The number of aromatic nitrogens is 1. The quantitative estimate of drug-likeness (QED) is 0.742. The number of methoxy groups -OCH3 is 1. The summed E-state index contributed by atoms with van der Waals surface area (Å²) in [6.07, 6.45) is 6.18. The third kappa shape index (κ3) is 5.46. The fraction of sp³-hybridized carbons (Fsp3) is 0.737. The third-order valence-electron chi connectivity index (χ3n) is 5.07. The van der Waals surface area contributed by atoms with E-state index in [1.165, 1.54) is 5.56 Å². The zero-order valence-electron chi connectivity index (χ0n) is 15.5. The van der Waals surface area contributed by atoms with E-state index in [1.54, 1.807) is 7.11 Å². The summed E-state index contributed by atoms with van der Waals surface area (Å²) in [5.74, 6) is 0. The van der Waals surface area contributed by atoms with Gasteiger partial charge in [-0.3, -0.25) is 14.8 Å². The fourth-order valence-corrected chi connectivity index (χ4v) is 3.86. The molecule has 3 rings (SSSR count). The van der Waals surface area contributed by atoms with Crippen LogP contribution in [0.3, 0.4) is 0 Å². The summed E-state index contributed by atoms with van der Waals surface area (Å²) in [6.45, 7) is 6.93. The summed E-state index contributed by atoms with van der Waals surface area (Å²) >= 11 is 0. The molecule has 0 radical (unpaired) electrons. The second-order valence-electron chi connectivity index (χ2n) is 7.34. The third-order valence-corrected chi connectivity index (χ3v) is 5.07. The van der Waals surface area contributed by atoms with Crippen molar-refractivity contribution in [3.63, 3.8) is 0 Å². The second-order valence-corrected chi connectivity index (χ2v) is 7.34. The van der Waals surface area contributed by atoms with Crippen LogP contribution in [0.4, 0.5) is 0 Å². The molecule has 2 aliphatic heterocycles. The lowest BCUT2D eigenvalue weighted by Gasteiger charge is -2.32. The first-order valence-corrected chi connectivity index (χ1v) is 9.23. The van der Waals surface area contributed by atoms with Crippen molar-refractivity contribution in [3.8, 4) is 0 Å². The molecule has 0 unspecified atom stereocenters. The summed E-state index contributed by atoms with van der Waals surface area (Å²) in [5.41, 5.74) is 1.09. The summed E-state index contributed by atoms with van der Waals surface area (Å²) in [7, 11) is 3.90. The van der Waals surface area contributed by atoms with Crippen molar-refractivity contribution in [2.45, 2.75) is 31.1 Å². The van der Waals surface area contributed by atoms with Gasteiger partial charge in [-0.2, -0.15) is 0 Å². The molecular formula is C19H31N3O3. The molecule has 2 fully saturated rings. The van der Waals surface area contributed by atoms with Crippen LogP contribution < -0.4 is 0 Å². The lowest BCUT2D eigenvalue weighted by Crippen LogP contribution is -2.46. The Morgan fingerprint density at radius 1 is 1.48 bits per heavy atom. The van der Waals surface area contributed by atoms with Gasteiger partial charge in [-0.15, -0.1) is 0 Å². The zero-order valence-corrected chi connectivity index (χ0v) is 15.5. The van der Waals surface area contributed by atoms with Gasteiger partial charge in [0, 0.05) is 52.2 Å². The second kappa shape index (κ2) is 9.05. The average Bonchev–Trinajstić information content (AvgIpc) is 2.87. The number of hydrogen-bond acceptors (Lipinski definition) is 6. The summed E-state index contributed by atoms with van der Waals surface area (Å²) in [6, 6.07) is 4.11. The van der Waals surface area contributed by atoms with Crippen molar-refractivity contribution in [3.05, 3.63) is 30.1 Å². The van der Waals surface area contributed by atoms with Gasteiger partial charge in [0.1, 0.15) is 5.60 Å². The van der Waals surface area contributed by atoms with Gasteiger partial charge in [-0.25, -0.2) is 0 Å². The van der Waals surface area contributed by atoms with Gasteiger partial charge in [0.15, 0.2) is 0 Å². The molecule has 1 aromatic heterocycles. The molecule has 0 N–H and O–H groups in total. The summed E-state index contributed by atoms with van der Waals surface area (Å²) < 4.78 is 17.6. The van der Waals surface area contributed by atoms with E-state index < -0.39 is 0 Å². The van der Waals surface area contributed by atoms with E-state index in [0.717, 1.165) is 58.8 Å². The summed E-state index contributed by atoms with van der Waals surface area (Å²) in [5, 5.41) is 0. The molecule has 2 aliphatic rings. The Hall–Kier alpha value is -1.05. The Bertz CT molecular complexity index is 516. The molecule has 6 heteroatoms. The standard InChI is InChI=1S/C19H31N3O3/c1-21(13-17-4-3-7-20-12-17)14-18-5-6-19(25-18)15-22(8-10-23-2)9-11-24-16-19/h3-4,7,12,18H,5-6,8-11,13-16H2,1-2H3/t18-,19-/m1/s1. The lowest BCUT2D eigenvalue weighted by atomic mass is 10.00. The van der Waals surface area contributed by atoms with Gasteiger partial charge in [0.05, 0.1) is 25.9 Å². The van der Waals surface area contributed by atoms with E-state index in [9.17, 15) is 0 Å². The van der Waals surface area contributed by atoms with Crippen LogP contribution in [-0.4, -0.2) is 86.6 Å². The van der Waals surface area contributed by atoms with Crippen LogP contribution in [0.5, 0.6) is 0 Å². The topological polar surface area (TPSA) is 47.1 Å². The molecule has 2 atom stereocenters. The van der Waals surface area contributed by atoms with Crippen molar-refractivity contribution in [2.75, 3.05) is 60.2 Å². The molecule has 1 spiro atoms. The normalized spacial score (nSPS) is 27.9. The predicted octanol–water partition coefficient (Wildman–Crippen LogP) is 1.41. The minimum Gasteiger partial charge on any atom is -0.383 e. The number of ether oxygens (including phenoxy) is 3. The van der Waals surface area contributed by atoms with Crippen LogP contribution in [0.2, 0.25) is 0 Å². The van der Waals surface area contributed by atoms with Gasteiger partial charge in [-0.1, -0.05) is 6.07 Å². The zero-order chi connectivity index (χ0) is 17.5. The van der Waals surface area contributed by atoms with Crippen LogP contribution >= 0.6 is 0 Å². The number of hydrogen-bond donors (Lipinski definition) is 0. The van der Waals surface area contributed by atoms with Crippen LogP contribution in [-0.2, 0) is 20.8 Å². The molecule has 6 nitrogen and oxygen atoms in total. The Morgan fingerprint density at radius 2 is 2.40 bits per heavy atom. The molecule has 1 aromatic rings. The van der Waals surface area contributed by atoms with Crippen molar-refractivity contribution >= 4 is 0 Å². The number of rotatable bonds is 7. The predicted molar refractivity (Wildman–Crippen MR) is 96.5 cm³/mol. The van der Waals surface area contributed by atoms with Crippen LogP contribution in [0, 0.1) is 0 Å². The molecule has 0 bridgehead atoms. The van der Waals surface area contributed by atoms with E-state index >= 15 is 0 Å². The smallest absolute Gasteiger partial charge is 0.105 e. The van der Waals surface area contributed by atoms with E-state index in [0.29, 0.717) is 6.61 Å². The molecule has 2 saturated heterocycles. The maximum absolute atomic E-state index is 6.52. The van der Waals surface area contributed by atoms with Crippen LogP contribution in [0.15, 0.2) is 24.5 Å². The Balaban J connectivity index is 1.51. The molecule has 140 valence electrons. The highest BCUT2D eigenvalue weighted by atomic mass is 16.6. The monoisotopic (exact) mass is 349 g/mol. The molecule has 0 amide bonds. The van der Waals surface area contributed by atoms with Crippen LogP contribution in [0.25, 0.3) is 0 Å². The van der Waals surface area contributed by atoms with Crippen LogP contribution in [0.1, 0.15) is 18.4 Å². The lowest BCUT2D eigenvalue weighted by molar-refractivity contribution is -0.0917. The minimum atomic E-state index is -0.149. The van der Waals surface area contributed by atoms with Crippen molar-refractivity contribution < 1.29 is 14.2 Å². The van der Waals surface area contributed by atoms with Gasteiger partial charge in [0.2, 0.25) is 0 Å². The number of nitrogens with zero attached hydrogens (tertiary/aromatic N) is 3. The highest BCUT2D eigenvalue weighted by Gasteiger charge is 2.43. The largest absolute Gasteiger partial charge is 0.383 e. The fourth-order valence-electron chi connectivity index (χ4n) is 3.86. The Kier molecular flexibility index (Phi) is 6.78. The first-order chi connectivity index (χ1) is 12.2. The van der Waals surface area contributed by atoms with Gasteiger partial charge >= 0.3 is 0 Å². The van der Waals surface area contributed by atoms with Crippen molar-refractivity contribution in [1.82, 2.24) is 14.8 Å². The minimum absolute atomic E-state index is 0.149. The molecule has 25 heavy (non-hydrogen) atoms. The first kappa shape index (κ1) is 18.7. The maximum atomic E-state index is 6.52. The highest BCUT2D eigenvalue weighted by molar-refractivity contribution is 5.08. The Morgan fingerprint density at radius 3 is 3.20 bits per heavy atom.